The van der Waals surface area contributed by atoms with Gasteiger partial charge in [0.15, 0.2) is 18.1 Å². The minimum Gasteiger partial charge on any atom is -0.483 e. The summed E-state index contributed by atoms with van der Waals surface area (Å²) in [5.41, 5.74) is 2.81. The molecule has 0 bridgehead atoms. The highest BCUT2D eigenvalue weighted by molar-refractivity contribution is 5.79. The van der Waals surface area contributed by atoms with Crippen LogP contribution in [0.15, 0.2) is 42.5 Å². The van der Waals surface area contributed by atoms with Crippen LogP contribution in [0.5, 0.6) is 11.5 Å². The van der Waals surface area contributed by atoms with E-state index in [0.717, 1.165) is 54.0 Å². The first-order valence-corrected chi connectivity index (χ1v) is 10.2. The summed E-state index contributed by atoms with van der Waals surface area (Å²) in [5, 5.41) is 0. The van der Waals surface area contributed by atoms with Crippen molar-refractivity contribution in [1.82, 2.24) is 14.9 Å². The summed E-state index contributed by atoms with van der Waals surface area (Å²) in [6, 6.07) is 13.8. The van der Waals surface area contributed by atoms with Crippen LogP contribution >= 0.6 is 0 Å². The van der Waals surface area contributed by atoms with Gasteiger partial charge in [0.2, 0.25) is 0 Å². The van der Waals surface area contributed by atoms with E-state index >= 15 is 0 Å². The molecule has 150 valence electrons. The van der Waals surface area contributed by atoms with E-state index in [-0.39, 0.29) is 24.2 Å². The first-order valence-electron chi connectivity index (χ1n) is 10.2. The lowest BCUT2D eigenvalue weighted by Crippen LogP contribution is -2.35. The maximum atomic E-state index is 13.0. The maximum absolute atomic E-state index is 13.0. The summed E-state index contributed by atoms with van der Waals surface area (Å²) in [5.74, 6) is 2.23. The van der Waals surface area contributed by atoms with Crippen molar-refractivity contribution in [1.29, 1.82) is 0 Å². The summed E-state index contributed by atoms with van der Waals surface area (Å²) < 4.78 is 12.0. The third-order valence-electron chi connectivity index (χ3n) is 5.70. The quantitative estimate of drug-likeness (QED) is 0.729. The summed E-state index contributed by atoms with van der Waals surface area (Å²) in [4.78, 5) is 22.9. The lowest BCUT2D eigenvalue weighted by atomic mass is 10.0. The molecule has 0 spiro atoms. The lowest BCUT2D eigenvalue weighted by molar-refractivity contribution is -0.134. The predicted octanol–water partition coefficient (Wildman–Crippen LogP) is 4.02. The highest BCUT2D eigenvalue weighted by atomic mass is 16.5. The number of nitrogens with one attached hydrogen (secondary N) is 1. The van der Waals surface area contributed by atoms with Crippen molar-refractivity contribution >= 4 is 16.9 Å². The van der Waals surface area contributed by atoms with Gasteiger partial charge in [-0.1, -0.05) is 24.3 Å². The van der Waals surface area contributed by atoms with E-state index in [9.17, 15) is 4.79 Å². The molecule has 6 nitrogen and oxygen atoms in total. The Morgan fingerprint density at radius 2 is 2.14 bits per heavy atom. The van der Waals surface area contributed by atoms with E-state index in [1.807, 2.05) is 41.3 Å². The third kappa shape index (κ3) is 3.33. The summed E-state index contributed by atoms with van der Waals surface area (Å²) >= 11 is 0. The zero-order valence-corrected chi connectivity index (χ0v) is 16.8. The van der Waals surface area contributed by atoms with E-state index in [1.165, 1.54) is 0 Å². The zero-order chi connectivity index (χ0) is 20.0. The number of likely N-dealkylation sites (tertiary alicyclic amines) is 1. The molecule has 3 heterocycles. The number of ether oxygens (including phenoxy) is 2. The fourth-order valence-corrected chi connectivity index (χ4v) is 4.40. The number of imidazole rings is 1. The van der Waals surface area contributed by atoms with Crippen LogP contribution < -0.4 is 9.47 Å². The fraction of sp³-hybridized carbons (Fsp3) is 0.391. The van der Waals surface area contributed by atoms with Crippen LogP contribution in [0.25, 0.3) is 11.0 Å². The largest absolute Gasteiger partial charge is 0.483 e. The Labute approximate surface area is 169 Å². The molecule has 0 aliphatic carbocycles. The molecule has 3 aromatic rings. The number of carbonyl (C=O) groups is 1. The molecule has 1 atom stereocenters. The summed E-state index contributed by atoms with van der Waals surface area (Å²) in [6.45, 7) is 4.84. The topological polar surface area (TPSA) is 67.5 Å². The number of aromatic nitrogens is 2. The Balaban J connectivity index is 1.31. The van der Waals surface area contributed by atoms with Crippen molar-refractivity contribution in [2.24, 2.45) is 0 Å². The number of para-hydroxylation sites is 3. The van der Waals surface area contributed by atoms with Gasteiger partial charge in [-0.05, 0) is 44.9 Å². The van der Waals surface area contributed by atoms with Gasteiger partial charge in [0.05, 0.1) is 17.1 Å². The standard InChI is InChI=1S/C23H25N3O3/c1-23(2)13-15-7-5-11-19(21(15)29-23)28-14-20(27)26-12-6-10-18(26)22-24-16-8-3-4-9-17(16)25-22/h3-5,7-9,11,18H,6,10,12-14H2,1-2H3,(H,24,25)/t18-/m0/s1. The zero-order valence-electron chi connectivity index (χ0n) is 16.8. The van der Waals surface area contributed by atoms with Crippen molar-refractivity contribution in [3.63, 3.8) is 0 Å². The molecule has 29 heavy (non-hydrogen) atoms. The second kappa shape index (κ2) is 6.79. The van der Waals surface area contributed by atoms with Gasteiger partial charge >= 0.3 is 0 Å². The lowest BCUT2D eigenvalue weighted by Gasteiger charge is -2.23. The van der Waals surface area contributed by atoms with Gasteiger partial charge in [-0.15, -0.1) is 0 Å². The molecular weight excluding hydrogens is 366 g/mol. The second-order valence-corrected chi connectivity index (χ2v) is 8.46. The van der Waals surface area contributed by atoms with Crippen LogP contribution in [0, 0.1) is 0 Å². The highest BCUT2D eigenvalue weighted by Gasteiger charge is 2.34. The molecular formula is C23H25N3O3. The number of fused-ring (bicyclic) bond motifs is 2. The van der Waals surface area contributed by atoms with Gasteiger partial charge in [0.25, 0.3) is 5.91 Å². The van der Waals surface area contributed by atoms with Gasteiger partial charge in [0.1, 0.15) is 11.4 Å². The molecule has 1 aromatic heterocycles. The Kier molecular flexibility index (Phi) is 4.23. The molecule has 6 heteroatoms. The minimum atomic E-state index is -0.243. The first kappa shape index (κ1) is 18.0. The monoisotopic (exact) mass is 391 g/mol. The maximum Gasteiger partial charge on any atom is 0.261 e. The fourth-order valence-electron chi connectivity index (χ4n) is 4.40. The highest BCUT2D eigenvalue weighted by Crippen LogP contribution is 2.42. The molecule has 2 aliphatic rings. The SMILES string of the molecule is CC1(C)Cc2cccc(OCC(=O)N3CCC[C@H]3c3nc4ccccc4[nH]3)c2O1. The van der Waals surface area contributed by atoms with Gasteiger partial charge < -0.3 is 19.4 Å². The average molecular weight is 391 g/mol. The van der Waals surface area contributed by atoms with E-state index in [4.69, 9.17) is 14.5 Å². The minimum absolute atomic E-state index is 0.00301. The van der Waals surface area contributed by atoms with E-state index in [0.29, 0.717) is 5.75 Å². The molecule has 2 aliphatic heterocycles. The molecule has 1 saturated heterocycles. The number of aromatic amines is 1. The molecule has 0 radical (unpaired) electrons. The van der Waals surface area contributed by atoms with Crippen LogP contribution in [0.2, 0.25) is 0 Å². The van der Waals surface area contributed by atoms with E-state index < -0.39 is 0 Å². The molecule has 1 amide bonds. The molecule has 5 rings (SSSR count). The van der Waals surface area contributed by atoms with Gasteiger partial charge in [-0.3, -0.25) is 4.79 Å². The number of nitrogens with zero attached hydrogens (tertiary/aromatic N) is 2. The number of benzene rings is 2. The Morgan fingerprint density at radius 3 is 3.00 bits per heavy atom. The number of amides is 1. The number of carbonyl (C=O) groups excluding carboxylic acids is 1. The third-order valence-corrected chi connectivity index (χ3v) is 5.70. The van der Waals surface area contributed by atoms with Crippen LogP contribution in [0.3, 0.4) is 0 Å². The Morgan fingerprint density at radius 1 is 1.28 bits per heavy atom. The molecule has 2 aromatic carbocycles. The predicted molar refractivity (Wildman–Crippen MR) is 110 cm³/mol. The number of hydrogen-bond donors (Lipinski definition) is 1. The smallest absolute Gasteiger partial charge is 0.261 e. The van der Waals surface area contributed by atoms with Crippen LogP contribution in [0.4, 0.5) is 0 Å². The molecule has 0 saturated carbocycles. The van der Waals surface area contributed by atoms with Crippen molar-refractivity contribution in [2.45, 2.75) is 44.8 Å². The normalized spacial score (nSPS) is 19.9. The van der Waals surface area contributed by atoms with Crippen molar-refractivity contribution in [3.8, 4) is 11.5 Å². The van der Waals surface area contributed by atoms with Crippen LogP contribution in [-0.4, -0.2) is 39.5 Å². The average Bonchev–Trinajstić information content (AvgIpc) is 3.40. The summed E-state index contributed by atoms with van der Waals surface area (Å²) in [7, 11) is 0. The van der Waals surface area contributed by atoms with E-state index in [2.05, 4.69) is 24.9 Å². The Hall–Kier alpha value is -3.02. The summed E-state index contributed by atoms with van der Waals surface area (Å²) in [6.07, 6.45) is 2.71. The second-order valence-electron chi connectivity index (χ2n) is 8.46. The molecule has 1 N–H and O–H groups in total. The van der Waals surface area contributed by atoms with Crippen LogP contribution in [0.1, 0.15) is 44.1 Å². The van der Waals surface area contributed by atoms with Crippen molar-refractivity contribution < 1.29 is 14.3 Å². The van der Waals surface area contributed by atoms with Gasteiger partial charge in [-0.2, -0.15) is 0 Å². The first-order chi connectivity index (χ1) is 14.0. The number of rotatable bonds is 4. The van der Waals surface area contributed by atoms with Crippen LogP contribution in [-0.2, 0) is 11.2 Å². The van der Waals surface area contributed by atoms with Gasteiger partial charge in [-0.25, -0.2) is 4.98 Å². The Bertz CT molecular complexity index is 1040. The number of hydrogen-bond acceptors (Lipinski definition) is 4. The number of H-pyrrole nitrogens is 1. The van der Waals surface area contributed by atoms with E-state index in [1.54, 1.807) is 0 Å². The van der Waals surface area contributed by atoms with Crippen molar-refractivity contribution in [3.05, 3.63) is 53.9 Å². The van der Waals surface area contributed by atoms with Gasteiger partial charge in [0, 0.05) is 18.5 Å². The molecule has 1 fully saturated rings. The van der Waals surface area contributed by atoms with Crippen molar-refractivity contribution in [2.75, 3.05) is 13.2 Å². The molecule has 0 unspecified atom stereocenters.